The summed E-state index contributed by atoms with van der Waals surface area (Å²) in [5.74, 6) is 1.07. The minimum atomic E-state index is 0.535. The third-order valence-electron chi connectivity index (χ3n) is 7.64. The van der Waals surface area contributed by atoms with E-state index in [2.05, 4.69) is 79.7 Å². The first-order chi connectivity index (χ1) is 12.7. The molecule has 0 spiro atoms. The molecule has 0 atom stereocenters. The first kappa shape index (κ1) is 18.3. The summed E-state index contributed by atoms with van der Waals surface area (Å²) in [6.07, 6.45) is 11.3. The fraction of sp³-hybridized carbons (Fsp3) is 0.407. The van der Waals surface area contributed by atoms with Crippen molar-refractivity contribution in [1.82, 2.24) is 0 Å². The Kier molecular flexibility index (Phi) is 4.22. The molecule has 0 saturated carbocycles. The van der Waals surface area contributed by atoms with Gasteiger partial charge in [-0.05, 0) is 139 Å². The summed E-state index contributed by atoms with van der Waals surface area (Å²) in [7, 11) is 0. The molecule has 0 nitrogen and oxygen atoms in total. The van der Waals surface area contributed by atoms with Gasteiger partial charge in [-0.3, -0.25) is 0 Å². The Hall–Kier alpha value is -2.08. The van der Waals surface area contributed by atoms with Crippen molar-refractivity contribution in [2.24, 2.45) is 11.8 Å². The zero-order chi connectivity index (χ0) is 19.6. The molecule has 0 unspecified atom stereocenters. The third-order valence-corrected chi connectivity index (χ3v) is 7.64. The quantitative estimate of drug-likeness (QED) is 0.771. The number of hydrogen-bond donors (Lipinski definition) is 0. The van der Waals surface area contributed by atoms with Crippen LogP contribution in [-0.2, 0) is 0 Å². The number of hydrogen-bond acceptors (Lipinski definition) is 0. The van der Waals surface area contributed by atoms with Crippen LogP contribution in [0.3, 0.4) is 0 Å². The molecule has 0 heterocycles. The molecular weight excluding hydrogens is 324 g/mol. The third kappa shape index (κ3) is 2.64. The van der Waals surface area contributed by atoms with Gasteiger partial charge in [0.15, 0.2) is 0 Å². The van der Waals surface area contributed by atoms with Gasteiger partial charge in [-0.25, -0.2) is 0 Å². The molecule has 4 rings (SSSR count). The largest absolute Gasteiger partial charge is 0.0694 e. The zero-order valence-corrected chi connectivity index (χ0v) is 18.2. The number of benzene rings is 2. The van der Waals surface area contributed by atoms with Crippen molar-refractivity contribution in [3.8, 4) is 0 Å². The van der Waals surface area contributed by atoms with Crippen LogP contribution >= 0.6 is 0 Å². The highest BCUT2D eigenvalue weighted by Crippen LogP contribution is 2.24. The standard InChI is InChI=1S/C27H32/c1-14-15(2)19(6)25-11-22(10-24(25)18(14)5)9-23-12-26-20(7)16(3)17(4)21(8)27(26)13-23/h10-13,22-23H,9H2,1-8H3. The van der Waals surface area contributed by atoms with E-state index < -0.39 is 0 Å². The molecule has 140 valence electrons. The molecular formula is C27H32. The number of rotatable bonds is 2. The summed E-state index contributed by atoms with van der Waals surface area (Å²) >= 11 is 0. The van der Waals surface area contributed by atoms with Crippen LogP contribution in [-0.4, -0.2) is 0 Å². The highest BCUT2D eigenvalue weighted by Gasteiger charge is 2.19. The second kappa shape index (κ2) is 6.23. The molecule has 0 radical (unpaired) electrons. The van der Waals surface area contributed by atoms with Gasteiger partial charge in [-0.2, -0.15) is 0 Å². The van der Waals surface area contributed by atoms with Crippen LogP contribution in [0.25, 0.3) is 24.3 Å². The maximum absolute atomic E-state index is 2.52. The maximum atomic E-state index is 2.52. The fourth-order valence-corrected chi connectivity index (χ4v) is 5.14. The minimum absolute atomic E-state index is 0.535. The van der Waals surface area contributed by atoms with E-state index in [0.717, 1.165) is 0 Å². The van der Waals surface area contributed by atoms with Crippen LogP contribution in [0, 0.1) is 67.2 Å². The molecule has 2 aromatic carbocycles. The molecule has 0 aromatic heterocycles. The lowest BCUT2D eigenvalue weighted by atomic mass is 9.96. The van der Waals surface area contributed by atoms with Gasteiger partial charge in [0.2, 0.25) is 0 Å². The zero-order valence-electron chi connectivity index (χ0n) is 18.2. The Morgan fingerprint density at radius 3 is 0.852 bits per heavy atom. The van der Waals surface area contributed by atoms with E-state index in [1.807, 2.05) is 0 Å². The van der Waals surface area contributed by atoms with Crippen molar-refractivity contribution in [3.63, 3.8) is 0 Å². The Labute approximate surface area is 163 Å². The molecule has 0 saturated heterocycles. The fourth-order valence-electron chi connectivity index (χ4n) is 5.14. The van der Waals surface area contributed by atoms with Crippen LogP contribution in [0.15, 0.2) is 0 Å². The second-order valence-corrected chi connectivity index (χ2v) is 8.88. The van der Waals surface area contributed by atoms with E-state index in [-0.39, 0.29) is 0 Å². The normalized spacial score (nSPS) is 15.7. The lowest BCUT2D eigenvalue weighted by Crippen LogP contribution is -2.29. The van der Waals surface area contributed by atoms with Crippen molar-refractivity contribution < 1.29 is 0 Å². The first-order valence-electron chi connectivity index (χ1n) is 10.3. The van der Waals surface area contributed by atoms with E-state index in [9.17, 15) is 0 Å². The molecule has 2 aliphatic carbocycles. The van der Waals surface area contributed by atoms with Crippen LogP contribution in [0.4, 0.5) is 0 Å². The number of fused-ring (bicyclic) bond motifs is 2. The average Bonchev–Trinajstić information content (AvgIpc) is 3.26. The van der Waals surface area contributed by atoms with Gasteiger partial charge in [-0.15, -0.1) is 0 Å². The van der Waals surface area contributed by atoms with Gasteiger partial charge >= 0.3 is 0 Å². The van der Waals surface area contributed by atoms with Crippen molar-refractivity contribution in [2.75, 3.05) is 0 Å². The molecule has 0 fully saturated rings. The Bertz CT molecular complexity index is 1030. The first-order valence-corrected chi connectivity index (χ1v) is 10.3. The molecule has 2 aromatic rings. The Morgan fingerprint density at radius 2 is 0.630 bits per heavy atom. The average molecular weight is 357 g/mol. The smallest absolute Gasteiger partial charge is 0.00263 e. The molecule has 0 heteroatoms. The topological polar surface area (TPSA) is 0 Å². The Balaban J connectivity index is 1.75. The van der Waals surface area contributed by atoms with Crippen molar-refractivity contribution in [3.05, 3.63) is 65.4 Å². The lowest BCUT2D eigenvalue weighted by Gasteiger charge is -2.09. The van der Waals surface area contributed by atoms with Gasteiger partial charge in [0, 0.05) is 0 Å². The summed E-state index contributed by atoms with van der Waals surface area (Å²) in [6, 6.07) is 0. The van der Waals surface area contributed by atoms with Gasteiger partial charge in [0.05, 0.1) is 0 Å². The van der Waals surface area contributed by atoms with Crippen LogP contribution < -0.4 is 20.9 Å². The summed E-state index contributed by atoms with van der Waals surface area (Å²) < 4.78 is 0. The lowest BCUT2D eigenvalue weighted by molar-refractivity contribution is 0.724. The molecule has 0 amide bonds. The highest BCUT2D eigenvalue weighted by atomic mass is 14.2. The molecule has 0 N–H and O–H groups in total. The summed E-state index contributed by atoms with van der Waals surface area (Å²) in [5, 5.41) is 5.93. The van der Waals surface area contributed by atoms with Crippen LogP contribution in [0.5, 0.6) is 0 Å². The highest BCUT2D eigenvalue weighted by molar-refractivity contribution is 5.61. The van der Waals surface area contributed by atoms with Crippen molar-refractivity contribution >= 4 is 24.3 Å². The molecule has 2 aliphatic rings. The molecule has 27 heavy (non-hydrogen) atoms. The summed E-state index contributed by atoms with van der Waals surface area (Å²) in [4.78, 5) is 0. The van der Waals surface area contributed by atoms with Crippen molar-refractivity contribution in [1.29, 1.82) is 0 Å². The maximum Gasteiger partial charge on any atom is -0.00263 e. The second-order valence-electron chi connectivity index (χ2n) is 8.88. The van der Waals surface area contributed by atoms with Crippen LogP contribution in [0.1, 0.15) is 50.9 Å². The van der Waals surface area contributed by atoms with E-state index >= 15 is 0 Å². The molecule has 0 bridgehead atoms. The SMILES string of the molecule is Cc1c(C)c(C)c2c(c1C)=CC(CC1C=c3c(C)c(C)c(C)c(C)c3=C1)C=2. The Morgan fingerprint density at radius 1 is 0.407 bits per heavy atom. The minimum Gasteiger partial charge on any atom is -0.0694 e. The van der Waals surface area contributed by atoms with E-state index in [1.165, 1.54) is 71.8 Å². The monoisotopic (exact) mass is 356 g/mol. The van der Waals surface area contributed by atoms with Crippen LogP contribution in [0.2, 0.25) is 0 Å². The van der Waals surface area contributed by atoms with E-state index in [4.69, 9.17) is 0 Å². The summed E-state index contributed by atoms with van der Waals surface area (Å²) in [5.41, 5.74) is 11.7. The predicted molar refractivity (Wildman–Crippen MR) is 119 cm³/mol. The van der Waals surface area contributed by atoms with Gasteiger partial charge < -0.3 is 0 Å². The van der Waals surface area contributed by atoms with E-state index in [0.29, 0.717) is 11.8 Å². The predicted octanol–water partition coefficient (Wildman–Crippen LogP) is 3.63. The summed E-state index contributed by atoms with van der Waals surface area (Å²) in [6.45, 7) is 18.2. The van der Waals surface area contributed by atoms with E-state index in [1.54, 1.807) is 0 Å². The molecule has 0 aliphatic heterocycles. The van der Waals surface area contributed by atoms with Gasteiger partial charge in [0.1, 0.15) is 0 Å². The van der Waals surface area contributed by atoms with Gasteiger partial charge in [-0.1, -0.05) is 24.3 Å². The van der Waals surface area contributed by atoms with Crippen molar-refractivity contribution in [2.45, 2.75) is 61.8 Å². The van der Waals surface area contributed by atoms with Gasteiger partial charge in [0.25, 0.3) is 0 Å².